The lowest BCUT2D eigenvalue weighted by molar-refractivity contribution is -0.0213. The maximum absolute atomic E-state index is 13.7. The molecule has 0 spiro atoms. The van der Waals surface area contributed by atoms with E-state index in [1.807, 2.05) is 31.2 Å². The minimum absolute atomic E-state index is 0.188. The average Bonchev–Trinajstić information content (AvgIpc) is 2.86. The van der Waals surface area contributed by atoms with Gasteiger partial charge in [0.25, 0.3) is 0 Å². The van der Waals surface area contributed by atoms with Crippen LogP contribution in [0.5, 0.6) is 5.75 Å². The lowest BCUT2D eigenvalue weighted by Gasteiger charge is -2.56. The smallest absolute Gasteiger partial charge is 0.243 e. The fraction of sp³-hybridized carbons (Fsp3) is 0.400. The number of rotatable bonds is 5. The number of methoxy groups -OCH3 is 1. The van der Waals surface area contributed by atoms with E-state index in [-0.39, 0.29) is 6.04 Å². The van der Waals surface area contributed by atoms with Gasteiger partial charge in [-0.2, -0.15) is 4.31 Å². The molecule has 3 aromatic rings. The van der Waals surface area contributed by atoms with Crippen LogP contribution in [0.1, 0.15) is 42.4 Å². The first kappa shape index (κ1) is 25.0. The molecule has 5 nitrogen and oxygen atoms in total. The van der Waals surface area contributed by atoms with Crippen LogP contribution in [0.4, 0.5) is 0 Å². The first-order chi connectivity index (χ1) is 17.3. The summed E-state index contributed by atoms with van der Waals surface area (Å²) in [5, 5.41) is 0. The van der Waals surface area contributed by atoms with Gasteiger partial charge in [-0.3, -0.25) is 4.90 Å². The van der Waals surface area contributed by atoms with E-state index >= 15 is 0 Å². The van der Waals surface area contributed by atoms with Gasteiger partial charge in [-0.05, 0) is 86.2 Å². The van der Waals surface area contributed by atoms with Gasteiger partial charge >= 0.3 is 0 Å². The van der Waals surface area contributed by atoms with E-state index in [9.17, 15) is 8.42 Å². The second-order valence-electron chi connectivity index (χ2n) is 10.2. The summed E-state index contributed by atoms with van der Waals surface area (Å²) in [5.74, 6) is 1.18. The van der Waals surface area contributed by atoms with Gasteiger partial charge in [0.05, 0.1) is 12.0 Å². The monoisotopic (exact) mass is 504 g/mol. The predicted molar refractivity (Wildman–Crippen MR) is 145 cm³/mol. The highest BCUT2D eigenvalue weighted by molar-refractivity contribution is 7.89. The van der Waals surface area contributed by atoms with Gasteiger partial charge in [-0.25, -0.2) is 8.42 Å². The fourth-order valence-corrected chi connectivity index (χ4v) is 7.80. The minimum Gasteiger partial charge on any atom is -0.497 e. The molecule has 190 valence electrons. The molecule has 2 aliphatic rings. The lowest BCUT2D eigenvalue weighted by Crippen LogP contribution is -2.65. The molecular weight excluding hydrogens is 468 g/mol. The molecule has 0 amide bonds. The molecule has 2 fully saturated rings. The molecule has 5 rings (SSSR count). The Bertz CT molecular complexity index is 1340. The first-order valence-electron chi connectivity index (χ1n) is 12.9. The Hall–Kier alpha value is -2.67. The van der Waals surface area contributed by atoms with E-state index in [1.165, 1.54) is 22.3 Å². The molecule has 0 aliphatic carbocycles. The summed E-state index contributed by atoms with van der Waals surface area (Å²) in [6, 6.07) is 22.9. The van der Waals surface area contributed by atoms with Crippen molar-refractivity contribution < 1.29 is 13.2 Å². The van der Waals surface area contributed by atoms with Crippen LogP contribution < -0.4 is 4.74 Å². The van der Waals surface area contributed by atoms with Gasteiger partial charge in [0.2, 0.25) is 10.0 Å². The second-order valence-corrected chi connectivity index (χ2v) is 12.1. The summed E-state index contributed by atoms with van der Waals surface area (Å²) < 4.78 is 34.4. The van der Waals surface area contributed by atoms with Crippen LogP contribution in [0.3, 0.4) is 0 Å². The first-order valence-corrected chi connectivity index (χ1v) is 14.3. The van der Waals surface area contributed by atoms with Crippen molar-refractivity contribution in [2.24, 2.45) is 0 Å². The molecule has 3 atom stereocenters. The van der Waals surface area contributed by atoms with Crippen molar-refractivity contribution in [1.29, 1.82) is 0 Å². The highest BCUT2D eigenvalue weighted by atomic mass is 32.2. The molecule has 2 saturated heterocycles. The SMILES string of the molecule is COc1ccc(-c2ccc(C3C(C)N4CCCCN(S(=O)(=O)c5ccccc5C)CC34)cc2)c(C)c1. The van der Waals surface area contributed by atoms with Gasteiger partial charge in [-0.1, -0.05) is 48.5 Å². The standard InChI is InChI=1S/C30H36N2O3S/c1-21-9-5-6-10-29(21)36(33,34)31-17-7-8-18-32-23(3)30(28(32)20-31)25-13-11-24(12-14-25)27-16-15-26(35-4)19-22(27)2/h5-6,9-16,19,23,28,30H,7-8,17-18,20H2,1-4H3. The Morgan fingerprint density at radius 2 is 1.61 bits per heavy atom. The number of aryl methyl sites for hydroxylation is 2. The largest absolute Gasteiger partial charge is 0.497 e. The summed E-state index contributed by atoms with van der Waals surface area (Å²) in [7, 11) is -1.85. The summed E-state index contributed by atoms with van der Waals surface area (Å²) >= 11 is 0. The zero-order valence-corrected chi connectivity index (χ0v) is 22.5. The van der Waals surface area contributed by atoms with Crippen LogP contribution in [0, 0.1) is 13.8 Å². The van der Waals surface area contributed by atoms with Gasteiger partial charge in [0.15, 0.2) is 0 Å². The number of sulfonamides is 1. The maximum Gasteiger partial charge on any atom is 0.243 e. The number of fused-ring (bicyclic) bond motifs is 1. The van der Waals surface area contributed by atoms with Crippen LogP contribution in [-0.2, 0) is 10.0 Å². The third-order valence-electron chi connectivity index (χ3n) is 8.10. The minimum atomic E-state index is -3.53. The molecule has 0 radical (unpaired) electrons. The Labute approximate surface area is 215 Å². The van der Waals surface area contributed by atoms with E-state index < -0.39 is 10.0 Å². The zero-order chi connectivity index (χ0) is 25.4. The third kappa shape index (κ3) is 4.47. The Morgan fingerprint density at radius 3 is 2.31 bits per heavy atom. The molecular formula is C30H36N2O3S. The Morgan fingerprint density at radius 1 is 0.889 bits per heavy atom. The molecule has 0 aromatic heterocycles. The number of ether oxygens (including phenoxy) is 1. The topological polar surface area (TPSA) is 49.9 Å². The van der Waals surface area contributed by atoms with E-state index in [4.69, 9.17) is 4.74 Å². The highest BCUT2D eigenvalue weighted by Gasteiger charge is 2.48. The lowest BCUT2D eigenvalue weighted by atomic mass is 9.75. The van der Waals surface area contributed by atoms with Crippen molar-refractivity contribution in [2.75, 3.05) is 26.7 Å². The van der Waals surface area contributed by atoms with Crippen LogP contribution in [0.2, 0.25) is 0 Å². The molecule has 3 unspecified atom stereocenters. The number of hydrogen-bond acceptors (Lipinski definition) is 4. The van der Waals surface area contributed by atoms with Crippen LogP contribution >= 0.6 is 0 Å². The van der Waals surface area contributed by atoms with Crippen LogP contribution in [0.25, 0.3) is 11.1 Å². The molecule has 2 heterocycles. The van der Waals surface area contributed by atoms with Crippen molar-refractivity contribution in [3.05, 3.63) is 83.4 Å². The van der Waals surface area contributed by atoms with Crippen molar-refractivity contribution >= 4 is 10.0 Å². The van der Waals surface area contributed by atoms with E-state index in [1.54, 1.807) is 17.5 Å². The number of benzene rings is 3. The third-order valence-corrected chi connectivity index (χ3v) is 10.1. The normalized spacial score (nSPS) is 23.3. The molecule has 0 bridgehead atoms. The second kappa shape index (κ2) is 10.0. The zero-order valence-electron chi connectivity index (χ0n) is 21.6. The summed E-state index contributed by atoms with van der Waals surface area (Å²) in [5.41, 5.74) is 5.66. The highest BCUT2D eigenvalue weighted by Crippen LogP contribution is 2.43. The quantitative estimate of drug-likeness (QED) is 0.453. The predicted octanol–water partition coefficient (Wildman–Crippen LogP) is 5.62. The molecule has 0 N–H and O–H groups in total. The van der Waals surface area contributed by atoms with Crippen molar-refractivity contribution in [3.8, 4) is 16.9 Å². The van der Waals surface area contributed by atoms with E-state index in [0.717, 1.165) is 30.7 Å². The van der Waals surface area contributed by atoms with Crippen LogP contribution in [0.15, 0.2) is 71.6 Å². The van der Waals surface area contributed by atoms with Crippen LogP contribution in [-0.4, -0.2) is 56.5 Å². The average molecular weight is 505 g/mol. The van der Waals surface area contributed by atoms with Gasteiger partial charge in [0.1, 0.15) is 5.75 Å². The summed E-state index contributed by atoms with van der Waals surface area (Å²) in [6.07, 6.45) is 1.91. The molecule has 0 saturated carbocycles. The van der Waals surface area contributed by atoms with Gasteiger partial charge in [-0.15, -0.1) is 0 Å². The Balaban J connectivity index is 1.41. The van der Waals surface area contributed by atoms with E-state index in [0.29, 0.717) is 29.9 Å². The maximum atomic E-state index is 13.7. The van der Waals surface area contributed by atoms with Crippen molar-refractivity contribution in [1.82, 2.24) is 9.21 Å². The number of hydrogen-bond donors (Lipinski definition) is 0. The van der Waals surface area contributed by atoms with Gasteiger partial charge in [0, 0.05) is 31.1 Å². The van der Waals surface area contributed by atoms with E-state index in [2.05, 4.69) is 55.1 Å². The molecule has 6 heteroatoms. The summed E-state index contributed by atoms with van der Waals surface area (Å²) in [4.78, 5) is 2.94. The van der Waals surface area contributed by atoms with Crippen molar-refractivity contribution in [2.45, 2.75) is 56.5 Å². The molecule has 2 aliphatic heterocycles. The van der Waals surface area contributed by atoms with Crippen molar-refractivity contribution in [3.63, 3.8) is 0 Å². The Kier molecular flexibility index (Phi) is 6.95. The molecule has 3 aromatic carbocycles. The fourth-order valence-electron chi connectivity index (χ4n) is 6.08. The summed E-state index contributed by atoms with van der Waals surface area (Å²) in [6.45, 7) is 8.41. The van der Waals surface area contributed by atoms with Gasteiger partial charge < -0.3 is 4.74 Å². The molecule has 36 heavy (non-hydrogen) atoms. The number of nitrogens with zero attached hydrogens (tertiary/aromatic N) is 2.